The number of aromatic nitrogens is 4. The second-order valence-electron chi connectivity index (χ2n) is 32.9. The fourth-order valence-corrected chi connectivity index (χ4v) is 15.4. The molecule has 0 saturated heterocycles. The van der Waals surface area contributed by atoms with E-state index in [-0.39, 0.29) is 184 Å². The summed E-state index contributed by atoms with van der Waals surface area (Å²) in [5, 5.41) is 105. The van der Waals surface area contributed by atoms with E-state index < -0.39 is 125 Å². The van der Waals surface area contributed by atoms with Crippen molar-refractivity contribution in [3.8, 4) is 44.5 Å². The van der Waals surface area contributed by atoms with E-state index in [1.165, 1.54) is 0 Å². The molecule has 7 aromatic rings. The molecule has 46 heteroatoms. The highest BCUT2D eigenvalue weighted by atomic mass is 16.2. The van der Waals surface area contributed by atoms with Gasteiger partial charge >= 0.3 is 0 Å². The minimum absolute atomic E-state index is 0.00411. The number of rotatable bonds is 52. The number of hydrogen-bond donors (Lipinski definition) is 35. The van der Waals surface area contributed by atoms with E-state index >= 15 is 0 Å². The summed E-state index contributed by atoms with van der Waals surface area (Å²) in [5.41, 5.74) is 64.3. The highest BCUT2D eigenvalue weighted by Gasteiger charge is 2.36. The van der Waals surface area contributed by atoms with Crippen LogP contribution in [0.4, 0.5) is 0 Å². The van der Waals surface area contributed by atoms with Crippen LogP contribution in [0.1, 0.15) is 136 Å². The number of fused-ring (bicyclic) bond motifs is 8. The highest BCUT2D eigenvalue weighted by molar-refractivity contribution is 6.06. The van der Waals surface area contributed by atoms with Crippen LogP contribution in [0, 0.1) is 43.3 Å². The van der Waals surface area contributed by atoms with Crippen molar-refractivity contribution in [3.63, 3.8) is 0 Å². The maximum absolute atomic E-state index is 15.0. The lowest BCUT2D eigenvalue weighted by Crippen LogP contribution is -2.60. The predicted octanol–water partition coefficient (Wildman–Crippen LogP) is 0.407. The summed E-state index contributed by atoms with van der Waals surface area (Å²) in [7, 11) is 0. The van der Waals surface area contributed by atoms with E-state index in [9.17, 15) is 43.2 Å². The lowest BCUT2D eigenvalue weighted by Gasteiger charge is -2.28. The summed E-state index contributed by atoms with van der Waals surface area (Å²) >= 11 is 0. The minimum Gasteiger partial charge on any atom is -0.370 e. The Kier molecular flexibility index (Phi) is 40.9. The van der Waals surface area contributed by atoms with Gasteiger partial charge in [-0.2, -0.15) is 0 Å². The highest BCUT2D eigenvalue weighted by Crippen LogP contribution is 2.39. The zero-order valence-corrected chi connectivity index (χ0v) is 76.9. The quantitative estimate of drug-likeness (QED) is 0.0139. The fourth-order valence-electron chi connectivity index (χ4n) is 15.4. The first-order valence-corrected chi connectivity index (χ1v) is 45.5. The molecule has 0 fully saturated rings. The van der Waals surface area contributed by atoms with Gasteiger partial charge in [-0.15, -0.1) is 0 Å². The van der Waals surface area contributed by atoms with E-state index in [0.29, 0.717) is 17.0 Å². The Morgan fingerprint density at radius 1 is 0.273 bits per heavy atom. The smallest absolute Gasteiger partial charge is 0.257 e. The predicted molar refractivity (Wildman–Crippen MR) is 538 cm³/mol. The SMILES string of the molecule is N=C(N)NCCC[C@H](NC(=O)[C@H](CCCNC(=N)N)NC(=O)[C@H](CCCNC(=N)N)NC(=O)[C@H](CCCNC(=N)N)NC(=O)[C@H](CCCNC(=N)N)NC(=O)[C@H](CCCNC(=N)N)NC(=O)[C@H](CCCNC(=N)N)NC(=O)[C@@H](N)CCCNC(=N)NC(=O)c1ccc(-c2c3nc(c(-c4ccccc4)c4ccc([nH]4)c(-c4ccccc4)c4nc(c(-c5ccccc5)c5ccc2[nH]5)C=C4)C=C3)cc1)C(N)=O. The normalized spacial score (nSPS) is 12.9. The number of carbonyl (C=O) groups is 9. The van der Waals surface area contributed by atoms with Crippen LogP contribution in [0.5, 0.6) is 0 Å². The first kappa shape index (κ1) is 106. The van der Waals surface area contributed by atoms with Crippen molar-refractivity contribution < 1.29 is 43.2 Å². The monoisotopic (exact) mass is 1910 g/mol. The molecule has 0 saturated carbocycles. The van der Waals surface area contributed by atoms with Crippen LogP contribution in [-0.2, 0) is 38.4 Å². The Balaban J connectivity index is 0.895. The lowest BCUT2D eigenvalue weighted by molar-refractivity contribution is -0.136. The number of benzene rings is 4. The van der Waals surface area contributed by atoms with Crippen molar-refractivity contribution in [3.05, 3.63) is 168 Å². The van der Waals surface area contributed by atoms with Crippen LogP contribution >= 0.6 is 0 Å². The molecule has 2 aliphatic rings. The third-order valence-corrected chi connectivity index (χ3v) is 22.3. The summed E-state index contributed by atoms with van der Waals surface area (Å²) < 4.78 is 0. The molecule has 0 unspecified atom stereocenters. The van der Waals surface area contributed by atoms with Crippen LogP contribution in [-0.4, -0.2) is 221 Å². The van der Waals surface area contributed by atoms with Gasteiger partial charge in [0.15, 0.2) is 47.7 Å². The largest absolute Gasteiger partial charge is 0.370 e. The number of nitrogens with one attached hydrogen (secondary N) is 26. The standard InChI is InChI=1S/C93H127N37O9/c94-57(24-10-51-118-93(110)130-78(132)56-34-32-55(33-35-56)76-64-42-40-62(121-64)74(53-20-6-2-7-21-53)60-38-36-58(119-60)73(52-18-4-1-5-19-52)59-37-39-61(120-59)75(54-22-8-3-9-23-54)63-41-43-65(76)122-63)79(133)124-67(26-12-45-112-87(98)99)81(135)126-69(28-14-47-114-89(102)103)83(137)128-71(30-16-49-116-91(106)107)85(139)129-72(31-17-50-117-92(108)109)84(138)127-70(29-15-48-115-90(104)105)82(136)125-68(27-13-46-113-88(100)101)80(134)123-66(77(95)131)25-11-44-111-86(96)97/h1-9,18-23,32-43,57,66-72,119,122H,10-17,24-31,44-51,94H2,(H2,95,131)(H,123,134)(H,124,133)(H,125,136)(H,126,135)(H,127,138)(H,128,137)(H,129,139)(H4,96,97,111)(H4,98,99,112)(H4,100,101,113)(H4,102,103,114)(H4,104,105,115)(H4,106,107,116)(H4,108,109,117)(H3,110,118,130,132)/t57-,66-,67-,68-,69-,70-,71-,72-/m0/s1. The number of guanidine groups is 8. The lowest BCUT2D eigenvalue weighted by atomic mass is 10.0. The average molecular weight is 1910 g/mol. The first-order chi connectivity index (χ1) is 66.7. The Morgan fingerprint density at radius 2 is 0.496 bits per heavy atom. The van der Waals surface area contributed by atoms with Crippen LogP contribution in [0.15, 0.2) is 140 Å². The number of aromatic amines is 2. The Bertz CT molecular complexity index is 5750. The maximum Gasteiger partial charge on any atom is 0.257 e. The second kappa shape index (κ2) is 53.8. The van der Waals surface area contributed by atoms with Crippen molar-refractivity contribution in [2.24, 2.45) is 51.6 Å². The zero-order chi connectivity index (χ0) is 100. The summed E-state index contributed by atoms with van der Waals surface area (Å²) in [6, 6.07) is 33.8. The zero-order valence-electron chi connectivity index (χ0n) is 76.9. The van der Waals surface area contributed by atoms with Gasteiger partial charge in [0.1, 0.15) is 42.3 Å². The summed E-state index contributed by atoms with van der Waals surface area (Å²) in [5.74, 6) is -11.1. The Hall–Kier alpha value is -17.0. The number of nitrogens with zero attached hydrogens (tertiary/aromatic N) is 2. The van der Waals surface area contributed by atoms with E-state index in [2.05, 4.69) is 119 Å². The number of primary amides is 1. The van der Waals surface area contributed by atoms with Crippen molar-refractivity contribution in [1.29, 1.82) is 43.3 Å². The van der Waals surface area contributed by atoms with Gasteiger partial charge in [0.05, 0.1) is 28.8 Å². The van der Waals surface area contributed by atoms with E-state index in [0.717, 1.165) is 72.4 Å². The van der Waals surface area contributed by atoms with Crippen LogP contribution in [0.3, 0.4) is 0 Å². The molecule has 4 aromatic carbocycles. The van der Waals surface area contributed by atoms with Gasteiger partial charge in [0, 0.05) is 102 Å². The van der Waals surface area contributed by atoms with Gasteiger partial charge < -0.3 is 141 Å². The molecule has 139 heavy (non-hydrogen) atoms. The summed E-state index contributed by atoms with van der Waals surface area (Å²) in [4.78, 5) is 147. The molecule has 8 atom stereocenters. The van der Waals surface area contributed by atoms with E-state index in [1.54, 1.807) is 12.1 Å². The Labute approximate surface area is 802 Å². The maximum atomic E-state index is 15.0. The van der Waals surface area contributed by atoms with Gasteiger partial charge in [0.25, 0.3) is 5.91 Å². The summed E-state index contributed by atoms with van der Waals surface area (Å²) in [6.07, 6.45) is 7.72. The second-order valence-corrected chi connectivity index (χ2v) is 32.9. The molecule has 9 rings (SSSR count). The molecule has 8 bridgehead atoms. The third kappa shape index (κ3) is 33.9. The molecule has 44 N–H and O–H groups in total. The van der Waals surface area contributed by atoms with Crippen molar-refractivity contribution in [1.82, 2.24) is 105 Å². The molecule has 0 spiro atoms. The van der Waals surface area contributed by atoms with E-state index in [1.807, 2.05) is 127 Å². The van der Waals surface area contributed by atoms with E-state index in [4.69, 9.17) is 105 Å². The van der Waals surface area contributed by atoms with Gasteiger partial charge in [-0.3, -0.25) is 91.7 Å². The number of H-pyrrole nitrogens is 2. The first-order valence-electron chi connectivity index (χ1n) is 45.5. The molecular formula is C93H127N37O9. The fraction of sp³-hybridized carbons (Fsp3) is 0.344. The molecule has 738 valence electrons. The molecular weight excluding hydrogens is 1780 g/mol. The molecule has 0 aliphatic carbocycles. The number of carbonyl (C=O) groups excluding carboxylic acids is 9. The molecule has 46 nitrogen and oxygen atoms in total. The van der Waals surface area contributed by atoms with Crippen molar-refractivity contribution >= 4 is 147 Å². The van der Waals surface area contributed by atoms with Gasteiger partial charge in [-0.25, -0.2) is 9.97 Å². The van der Waals surface area contributed by atoms with Gasteiger partial charge in [-0.05, 0) is 186 Å². The molecule has 5 heterocycles. The van der Waals surface area contributed by atoms with Crippen molar-refractivity contribution in [2.45, 2.75) is 151 Å². The Morgan fingerprint density at radius 3 is 0.748 bits per heavy atom. The van der Waals surface area contributed by atoms with Gasteiger partial charge in [-0.1, -0.05) is 103 Å². The minimum atomic E-state index is -1.57. The topological polar surface area (TPSA) is 828 Å². The molecule has 3 aromatic heterocycles. The molecule has 0 radical (unpaired) electrons. The average Bonchev–Trinajstić information content (AvgIpc) is 1.61. The number of amides is 9. The summed E-state index contributed by atoms with van der Waals surface area (Å²) in [6.45, 7) is 0.277. The van der Waals surface area contributed by atoms with Crippen molar-refractivity contribution in [2.75, 3.05) is 52.4 Å². The van der Waals surface area contributed by atoms with Crippen LogP contribution in [0.25, 0.3) is 90.9 Å². The number of nitrogens with two attached hydrogens (primary N) is 9. The van der Waals surface area contributed by atoms with Crippen LogP contribution in [0.2, 0.25) is 0 Å². The molecule has 9 amide bonds. The van der Waals surface area contributed by atoms with Gasteiger partial charge in [0.2, 0.25) is 47.3 Å². The number of hydrogen-bond acceptors (Lipinski definition) is 20. The third-order valence-electron chi connectivity index (χ3n) is 22.3. The molecule has 2 aliphatic heterocycles. The van der Waals surface area contributed by atoms with Crippen LogP contribution < -0.4 is 137 Å².